The van der Waals surface area contributed by atoms with Crippen molar-refractivity contribution in [1.29, 1.82) is 0 Å². The number of ether oxygens (including phenoxy) is 1. The first-order chi connectivity index (χ1) is 11.7. The second-order valence-corrected chi connectivity index (χ2v) is 7.45. The topological polar surface area (TPSA) is 53.6 Å². The van der Waals surface area contributed by atoms with E-state index in [9.17, 15) is 9.18 Å². The number of morpholine rings is 1. The van der Waals surface area contributed by atoms with Gasteiger partial charge in [0, 0.05) is 25.2 Å². The summed E-state index contributed by atoms with van der Waals surface area (Å²) in [6.45, 7) is 3.88. The Morgan fingerprint density at radius 1 is 1.25 bits per heavy atom. The lowest BCUT2D eigenvalue weighted by molar-refractivity contribution is -0.0249. The maximum atomic E-state index is 13.6. The summed E-state index contributed by atoms with van der Waals surface area (Å²) in [7, 11) is 0. The molecule has 2 N–H and O–H groups in total. The number of anilines is 1. The number of amides is 2. The minimum Gasteiger partial charge on any atom is -0.379 e. The van der Waals surface area contributed by atoms with Gasteiger partial charge in [-0.1, -0.05) is 12.1 Å². The number of urea groups is 1. The highest BCUT2D eigenvalue weighted by Gasteiger charge is 2.39. The van der Waals surface area contributed by atoms with Gasteiger partial charge in [0.15, 0.2) is 0 Å². The second kappa shape index (κ2) is 8.18. The van der Waals surface area contributed by atoms with Crippen molar-refractivity contribution in [2.45, 2.75) is 18.4 Å². The zero-order valence-electron chi connectivity index (χ0n) is 13.7. The van der Waals surface area contributed by atoms with E-state index >= 15 is 0 Å². The number of benzene rings is 1. The summed E-state index contributed by atoms with van der Waals surface area (Å²) in [6.07, 6.45) is 2.11. The molecule has 2 aliphatic rings. The molecule has 2 saturated heterocycles. The van der Waals surface area contributed by atoms with E-state index in [1.807, 2.05) is 11.8 Å². The Hall–Kier alpha value is -1.31. The van der Waals surface area contributed by atoms with E-state index in [0.29, 0.717) is 6.54 Å². The monoisotopic (exact) mass is 353 g/mol. The van der Waals surface area contributed by atoms with Crippen molar-refractivity contribution in [3.63, 3.8) is 0 Å². The highest BCUT2D eigenvalue weighted by Crippen LogP contribution is 2.32. The first-order valence-corrected chi connectivity index (χ1v) is 9.55. The van der Waals surface area contributed by atoms with Gasteiger partial charge in [-0.2, -0.15) is 11.8 Å². The zero-order chi connectivity index (χ0) is 16.8. The van der Waals surface area contributed by atoms with E-state index in [2.05, 4.69) is 15.5 Å². The van der Waals surface area contributed by atoms with Crippen LogP contribution >= 0.6 is 11.8 Å². The number of hydrogen-bond acceptors (Lipinski definition) is 4. The van der Waals surface area contributed by atoms with Crippen molar-refractivity contribution >= 4 is 23.5 Å². The molecule has 0 saturated carbocycles. The summed E-state index contributed by atoms with van der Waals surface area (Å²) in [6, 6.07) is 5.84. The number of carbonyl (C=O) groups excluding carboxylic acids is 1. The van der Waals surface area contributed by atoms with Crippen molar-refractivity contribution in [3.05, 3.63) is 30.1 Å². The first-order valence-electron chi connectivity index (χ1n) is 8.40. The van der Waals surface area contributed by atoms with Crippen LogP contribution in [-0.4, -0.2) is 60.8 Å². The van der Waals surface area contributed by atoms with E-state index in [1.165, 1.54) is 6.07 Å². The molecule has 2 fully saturated rings. The number of nitrogens with zero attached hydrogens (tertiary/aromatic N) is 1. The van der Waals surface area contributed by atoms with E-state index in [4.69, 9.17) is 4.74 Å². The fraction of sp³-hybridized carbons (Fsp3) is 0.588. The van der Waals surface area contributed by atoms with Crippen LogP contribution in [0.2, 0.25) is 0 Å². The van der Waals surface area contributed by atoms with Crippen LogP contribution in [0.4, 0.5) is 14.9 Å². The van der Waals surface area contributed by atoms with Gasteiger partial charge in [0.05, 0.1) is 18.9 Å². The highest BCUT2D eigenvalue weighted by molar-refractivity contribution is 7.99. The Balaban J connectivity index is 1.60. The van der Waals surface area contributed by atoms with E-state index < -0.39 is 5.82 Å². The zero-order valence-corrected chi connectivity index (χ0v) is 14.5. The van der Waals surface area contributed by atoms with Crippen LogP contribution in [0, 0.1) is 5.82 Å². The van der Waals surface area contributed by atoms with E-state index in [1.54, 1.807) is 18.2 Å². The van der Waals surface area contributed by atoms with Gasteiger partial charge in [0.1, 0.15) is 5.82 Å². The van der Waals surface area contributed by atoms with Gasteiger partial charge in [0.2, 0.25) is 0 Å². The molecule has 132 valence electrons. The van der Waals surface area contributed by atoms with Crippen molar-refractivity contribution in [3.8, 4) is 0 Å². The molecule has 2 heterocycles. The normalized spacial score (nSPS) is 21.2. The van der Waals surface area contributed by atoms with Crippen LogP contribution < -0.4 is 10.6 Å². The molecule has 0 aromatic heterocycles. The summed E-state index contributed by atoms with van der Waals surface area (Å²) in [5.41, 5.74) is 0.191. The Kier molecular flexibility index (Phi) is 5.97. The molecule has 1 aromatic rings. The van der Waals surface area contributed by atoms with Gasteiger partial charge < -0.3 is 15.4 Å². The summed E-state index contributed by atoms with van der Waals surface area (Å²) >= 11 is 1.96. The lowest BCUT2D eigenvalue weighted by atomic mass is 9.89. The van der Waals surface area contributed by atoms with Gasteiger partial charge >= 0.3 is 6.03 Å². The minimum absolute atomic E-state index is 0.0123. The molecule has 2 aliphatic heterocycles. The van der Waals surface area contributed by atoms with Crippen LogP contribution in [0.1, 0.15) is 12.8 Å². The molecular formula is C17H24FN3O2S. The maximum Gasteiger partial charge on any atom is 0.319 e. The Morgan fingerprint density at radius 3 is 2.67 bits per heavy atom. The molecule has 1 aromatic carbocycles. The average molecular weight is 353 g/mol. The third-order valence-corrected chi connectivity index (χ3v) is 5.79. The number of hydrogen-bond donors (Lipinski definition) is 2. The molecule has 0 aliphatic carbocycles. The highest BCUT2D eigenvalue weighted by atomic mass is 32.2. The molecule has 0 atom stereocenters. The number of nitrogens with one attached hydrogen (secondary N) is 2. The largest absolute Gasteiger partial charge is 0.379 e. The molecule has 3 rings (SSSR count). The third-order valence-electron chi connectivity index (χ3n) is 4.81. The van der Waals surface area contributed by atoms with Crippen LogP contribution in [0.3, 0.4) is 0 Å². The first kappa shape index (κ1) is 17.5. The van der Waals surface area contributed by atoms with Gasteiger partial charge in [0.25, 0.3) is 0 Å². The summed E-state index contributed by atoms with van der Waals surface area (Å²) in [5, 5.41) is 5.55. The smallest absolute Gasteiger partial charge is 0.319 e. The molecule has 2 amide bonds. The molecule has 24 heavy (non-hydrogen) atoms. The molecule has 0 unspecified atom stereocenters. The number of halogens is 1. The number of carbonyl (C=O) groups is 1. The maximum absolute atomic E-state index is 13.6. The van der Waals surface area contributed by atoms with Crippen molar-refractivity contribution in [1.82, 2.24) is 10.2 Å². The number of rotatable bonds is 4. The van der Waals surface area contributed by atoms with Gasteiger partial charge in [-0.05, 0) is 36.5 Å². The lowest BCUT2D eigenvalue weighted by Crippen LogP contribution is -2.60. The van der Waals surface area contributed by atoms with Crippen LogP contribution in [0.25, 0.3) is 0 Å². The Bertz CT molecular complexity index is 561. The van der Waals surface area contributed by atoms with E-state index in [0.717, 1.165) is 50.7 Å². The summed E-state index contributed by atoms with van der Waals surface area (Å²) in [4.78, 5) is 14.7. The summed E-state index contributed by atoms with van der Waals surface area (Å²) < 4.78 is 19.1. The second-order valence-electron chi connectivity index (χ2n) is 6.22. The van der Waals surface area contributed by atoms with Crippen molar-refractivity contribution in [2.24, 2.45) is 0 Å². The number of para-hydroxylation sites is 1. The Morgan fingerprint density at radius 2 is 1.96 bits per heavy atom. The fourth-order valence-corrected chi connectivity index (χ4v) is 4.62. The van der Waals surface area contributed by atoms with Gasteiger partial charge in [-0.3, -0.25) is 4.90 Å². The van der Waals surface area contributed by atoms with Crippen LogP contribution in [0.15, 0.2) is 24.3 Å². The quantitative estimate of drug-likeness (QED) is 0.873. The molecular weight excluding hydrogens is 329 g/mol. The minimum atomic E-state index is -0.426. The third kappa shape index (κ3) is 4.20. The fourth-order valence-electron chi connectivity index (χ4n) is 3.37. The van der Waals surface area contributed by atoms with Gasteiger partial charge in [-0.25, -0.2) is 9.18 Å². The Labute approximate surface area is 146 Å². The summed E-state index contributed by atoms with van der Waals surface area (Å²) in [5.74, 6) is 1.78. The average Bonchev–Trinajstić information content (AvgIpc) is 2.63. The molecule has 0 bridgehead atoms. The molecule has 0 spiro atoms. The number of thioether (sulfide) groups is 1. The van der Waals surface area contributed by atoms with Crippen LogP contribution in [0.5, 0.6) is 0 Å². The van der Waals surface area contributed by atoms with Crippen molar-refractivity contribution in [2.75, 3.05) is 49.7 Å². The van der Waals surface area contributed by atoms with Crippen LogP contribution in [-0.2, 0) is 4.74 Å². The van der Waals surface area contributed by atoms with Gasteiger partial charge in [-0.15, -0.1) is 0 Å². The van der Waals surface area contributed by atoms with E-state index in [-0.39, 0.29) is 17.3 Å². The standard InChI is InChI=1S/C17H24FN3O2S/c18-14-3-1-2-4-15(14)20-16(22)19-13-17(5-11-24-12-6-17)21-7-9-23-10-8-21/h1-4H,5-13H2,(H2,19,20,22). The molecule has 7 heteroatoms. The molecule has 5 nitrogen and oxygen atoms in total. The predicted octanol–water partition coefficient (Wildman–Crippen LogP) is 2.55. The lowest BCUT2D eigenvalue weighted by Gasteiger charge is -2.47. The predicted molar refractivity (Wildman–Crippen MR) is 95.1 cm³/mol. The SMILES string of the molecule is O=C(NCC1(N2CCOCC2)CCSCC1)Nc1ccccc1F. The van der Waals surface area contributed by atoms with Crippen molar-refractivity contribution < 1.29 is 13.9 Å². The molecule has 0 radical (unpaired) electrons.